The molecular weight excluding hydrogens is 377 g/mol. The summed E-state index contributed by atoms with van der Waals surface area (Å²) >= 11 is 12.2. The maximum absolute atomic E-state index is 6.18. The number of nitrogens with one attached hydrogen (secondary N) is 1. The molecule has 3 nitrogen and oxygen atoms in total. The number of nitrogens with zero attached hydrogens (tertiary/aromatic N) is 2. The van der Waals surface area contributed by atoms with E-state index >= 15 is 0 Å². The summed E-state index contributed by atoms with van der Waals surface area (Å²) in [4.78, 5) is 7.27. The first-order valence-electron chi connectivity index (χ1n) is 9.45. The van der Waals surface area contributed by atoms with E-state index in [2.05, 4.69) is 40.5 Å². The standard InChI is InChI=1S/C22H23Cl2N3/c23-19-11-8-16(13-20(19)24)15-27-12-4-3-7-22(27)25-14-18-10-9-17-5-1-2-6-21(17)26-18/h1-2,5-6,8-11,13,22,25H,3-4,7,12,14-15H2. The van der Waals surface area contributed by atoms with Gasteiger partial charge in [-0.25, -0.2) is 0 Å². The lowest BCUT2D eigenvalue weighted by Crippen LogP contribution is -2.47. The Morgan fingerprint density at radius 3 is 2.78 bits per heavy atom. The van der Waals surface area contributed by atoms with Gasteiger partial charge in [0.1, 0.15) is 0 Å². The molecule has 3 aromatic rings. The molecule has 0 saturated carbocycles. The quantitative estimate of drug-likeness (QED) is 0.601. The van der Waals surface area contributed by atoms with E-state index in [1.54, 1.807) is 0 Å². The molecule has 2 aromatic carbocycles. The van der Waals surface area contributed by atoms with Gasteiger partial charge in [0, 0.05) is 18.5 Å². The average molecular weight is 400 g/mol. The van der Waals surface area contributed by atoms with Crippen LogP contribution in [0.2, 0.25) is 10.0 Å². The molecule has 140 valence electrons. The fourth-order valence-electron chi connectivity index (χ4n) is 3.71. The number of fused-ring (bicyclic) bond motifs is 1. The van der Waals surface area contributed by atoms with E-state index in [0.29, 0.717) is 16.2 Å². The molecule has 0 amide bonds. The minimum absolute atomic E-state index is 0.349. The van der Waals surface area contributed by atoms with Crippen LogP contribution in [0.15, 0.2) is 54.6 Å². The van der Waals surface area contributed by atoms with Gasteiger partial charge in [-0.1, -0.05) is 53.5 Å². The molecule has 0 aliphatic carbocycles. The number of para-hydroxylation sites is 1. The number of halogens is 2. The Morgan fingerprint density at radius 2 is 1.89 bits per heavy atom. The number of likely N-dealkylation sites (tertiary alicyclic amines) is 1. The normalized spacial score (nSPS) is 18.1. The van der Waals surface area contributed by atoms with Crippen LogP contribution in [-0.4, -0.2) is 22.6 Å². The highest BCUT2D eigenvalue weighted by molar-refractivity contribution is 6.42. The van der Waals surface area contributed by atoms with Crippen LogP contribution in [0.5, 0.6) is 0 Å². The van der Waals surface area contributed by atoms with Crippen LogP contribution in [0.3, 0.4) is 0 Å². The molecule has 1 aromatic heterocycles. The minimum atomic E-state index is 0.349. The Labute approximate surface area is 170 Å². The predicted molar refractivity (Wildman–Crippen MR) is 113 cm³/mol. The van der Waals surface area contributed by atoms with Crippen molar-refractivity contribution >= 4 is 34.1 Å². The zero-order chi connectivity index (χ0) is 18.6. The van der Waals surface area contributed by atoms with Gasteiger partial charge in [-0.15, -0.1) is 0 Å². The van der Waals surface area contributed by atoms with Crippen molar-refractivity contribution in [1.82, 2.24) is 15.2 Å². The average Bonchev–Trinajstić information content (AvgIpc) is 2.70. The summed E-state index contributed by atoms with van der Waals surface area (Å²) in [5.74, 6) is 0. The first kappa shape index (κ1) is 18.7. The van der Waals surface area contributed by atoms with Crippen LogP contribution in [0.25, 0.3) is 10.9 Å². The number of rotatable bonds is 5. The summed E-state index contributed by atoms with van der Waals surface area (Å²) in [5, 5.41) is 6.11. The topological polar surface area (TPSA) is 28.2 Å². The third kappa shape index (κ3) is 4.61. The summed E-state index contributed by atoms with van der Waals surface area (Å²) in [7, 11) is 0. The van der Waals surface area contributed by atoms with Crippen LogP contribution in [0.1, 0.15) is 30.5 Å². The Balaban J connectivity index is 1.43. The lowest BCUT2D eigenvalue weighted by Gasteiger charge is -2.36. The van der Waals surface area contributed by atoms with Crippen molar-refractivity contribution in [2.24, 2.45) is 0 Å². The number of hydrogen-bond acceptors (Lipinski definition) is 3. The molecule has 0 radical (unpaired) electrons. The van der Waals surface area contributed by atoms with E-state index < -0.39 is 0 Å². The van der Waals surface area contributed by atoms with Gasteiger partial charge in [0.25, 0.3) is 0 Å². The van der Waals surface area contributed by atoms with Crippen LogP contribution in [-0.2, 0) is 13.1 Å². The fraction of sp³-hybridized carbons (Fsp3) is 0.318. The van der Waals surface area contributed by atoms with Crippen molar-refractivity contribution in [1.29, 1.82) is 0 Å². The largest absolute Gasteiger partial charge is 0.296 e. The Morgan fingerprint density at radius 1 is 1.00 bits per heavy atom. The second-order valence-corrected chi connectivity index (χ2v) is 7.92. The molecule has 1 aliphatic rings. The molecule has 1 N–H and O–H groups in total. The molecule has 5 heteroatoms. The van der Waals surface area contributed by atoms with Crippen LogP contribution in [0.4, 0.5) is 0 Å². The number of piperidine rings is 1. The summed E-state index contributed by atoms with van der Waals surface area (Å²) in [6.07, 6.45) is 3.98. The minimum Gasteiger partial charge on any atom is -0.296 e. The van der Waals surface area contributed by atoms with Crippen molar-refractivity contribution in [2.75, 3.05) is 6.54 Å². The summed E-state index contributed by atoms with van der Waals surface area (Å²) in [6, 6.07) is 18.4. The SMILES string of the molecule is Clc1ccc(CN2CCCCC2NCc2ccc3ccccc3n2)cc1Cl. The maximum Gasteiger partial charge on any atom is 0.0705 e. The zero-order valence-electron chi connectivity index (χ0n) is 15.2. The molecule has 4 rings (SSSR count). The summed E-state index contributed by atoms with van der Waals surface area (Å²) in [5.41, 5.74) is 3.32. The predicted octanol–water partition coefficient (Wildman–Crippen LogP) is 5.64. The second kappa shape index (κ2) is 8.57. The van der Waals surface area contributed by atoms with E-state index in [4.69, 9.17) is 28.2 Å². The van der Waals surface area contributed by atoms with Crippen molar-refractivity contribution in [3.05, 3.63) is 75.9 Å². The molecule has 1 atom stereocenters. The van der Waals surface area contributed by atoms with Crippen LogP contribution >= 0.6 is 23.2 Å². The number of pyridine rings is 1. The van der Waals surface area contributed by atoms with E-state index in [0.717, 1.165) is 37.3 Å². The number of aromatic nitrogens is 1. The highest BCUT2D eigenvalue weighted by Gasteiger charge is 2.22. The Kier molecular flexibility index (Phi) is 5.94. The number of benzene rings is 2. The highest BCUT2D eigenvalue weighted by atomic mass is 35.5. The van der Waals surface area contributed by atoms with Gasteiger partial charge in [0.05, 0.1) is 27.4 Å². The molecule has 1 unspecified atom stereocenters. The zero-order valence-corrected chi connectivity index (χ0v) is 16.7. The van der Waals surface area contributed by atoms with Crippen molar-refractivity contribution in [3.63, 3.8) is 0 Å². The van der Waals surface area contributed by atoms with Gasteiger partial charge in [0.2, 0.25) is 0 Å². The number of hydrogen-bond donors (Lipinski definition) is 1. The van der Waals surface area contributed by atoms with Gasteiger partial charge < -0.3 is 0 Å². The van der Waals surface area contributed by atoms with Crippen LogP contribution in [0, 0.1) is 0 Å². The monoisotopic (exact) mass is 399 g/mol. The third-order valence-corrected chi connectivity index (χ3v) is 5.90. The van der Waals surface area contributed by atoms with Gasteiger partial charge >= 0.3 is 0 Å². The Hall–Kier alpha value is -1.65. The van der Waals surface area contributed by atoms with E-state index in [9.17, 15) is 0 Å². The van der Waals surface area contributed by atoms with E-state index in [-0.39, 0.29) is 0 Å². The second-order valence-electron chi connectivity index (χ2n) is 7.11. The lowest BCUT2D eigenvalue weighted by molar-refractivity contribution is 0.111. The highest BCUT2D eigenvalue weighted by Crippen LogP contribution is 2.25. The van der Waals surface area contributed by atoms with Gasteiger partial charge in [-0.2, -0.15) is 0 Å². The van der Waals surface area contributed by atoms with Crippen molar-refractivity contribution in [2.45, 2.75) is 38.5 Å². The molecule has 1 fully saturated rings. The molecule has 0 bridgehead atoms. The summed E-state index contributed by atoms with van der Waals surface area (Å²) in [6.45, 7) is 2.73. The first-order valence-corrected chi connectivity index (χ1v) is 10.2. The molecule has 1 aliphatic heterocycles. The third-order valence-electron chi connectivity index (χ3n) is 5.16. The molecule has 2 heterocycles. The molecule has 1 saturated heterocycles. The van der Waals surface area contributed by atoms with E-state index in [1.165, 1.54) is 23.8 Å². The molecular formula is C22H23Cl2N3. The molecule has 27 heavy (non-hydrogen) atoms. The maximum atomic E-state index is 6.18. The first-order chi connectivity index (χ1) is 13.2. The van der Waals surface area contributed by atoms with Crippen LogP contribution < -0.4 is 5.32 Å². The van der Waals surface area contributed by atoms with Gasteiger partial charge in [0.15, 0.2) is 0 Å². The van der Waals surface area contributed by atoms with E-state index in [1.807, 2.05) is 24.3 Å². The molecule has 0 spiro atoms. The van der Waals surface area contributed by atoms with Crippen molar-refractivity contribution < 1.29 is 0 Å². The van der Waals surface area contributed by atoms with Crippen molar-refractivity contribution in [3.8, 4) is 0 Å². The Bertz CT molecular complexity index is 928. The fourth-order valence-corrected chi connectivity index (χ4v) is 4.03. The van der Waals surface area contributed by atoms with Gasteiger partial charge in [-0.05, 0) is 55.6 Å². The van der Waals surface area contributed by atoms with Gasteiger partial charge in [-0.3, -0.25) is 15.2 Å². The summed E-state index contributed by atoms with van der Waals surface area (Å²) < 4.78 is 0. The smallest absolute Gasteiger partial charge is 0.0705 e. The lowest BCUT2D eigenvalue weighted by atomic mass is 10.1.